The van der Waals surface area contributed by atoms with Gasteiger partial charge in [0.2, 0.25) is 5.91 Å². The number of anilines is 2. The smallest absolute Gasteiger partial charge is 0.306 e. The van der Waals surface area contributed by atoms with Crippen molar-refractivity contribution in [3.8, 4) is 17.2 Å². The molecule has 0 aliphatic rings. The van der Waals surface area contributed by atoms with Crippen LogP contribution in [-0.2, 0) is 19.1 Å². The van der Waals surface area contributed by atoms with Crippen LogP contribution in [0.4, 0.5) is 11.4 Å². The van der Waals surface area contributed by atoms with Crippen molar-refractivity contribution >= 4 is 29.2 Å². The Balaban J connectivity index is 1.35. The highest BCUT2D eigenvalue weighted by atomic mass is 16.5. The van der Waals surface area contributed by atoms with Crippen LogP contribution in [0.1, 0.15) is 30.4 Å². The lowest BCUT2D eigenvalue weighted by Crippen LogP contribution is -2.21. The number of hydrogen-bond donors (Lipinski definition) is 2. The molecule has 0 bridgehead atoms. The molecule has 188 valence electrons. The zero-order chi connectivity index (χ0) is 25.9. The fourth-order valence-corrected chi connectivity index (χ4v) is 3.50. The molecule has 36 heavy (non-hydrogen) atoms. The Hall–Kier alpha value is -4.33. The maximum absolute atomic E-state index is 12.2. The van der Waals surface area contributed by atoms with E-state index in [0.29, 0.717) is 29.3 Å². The minimum atomic E-state index is -0.550. The number of nitrogens with one attached hydrogen (secondary N) is 2. The van der Waals surface area contributed by atoms with Crippen LogP contribution in [0.3, 0.4) is 0 Å². The van der Waals surface area contributed by atoms with Crippen LogP contribution in [-0.4, -0.2) is 31.5 Å². The molecule has 0 atom stereocenters. The molecular formula is C28H30N2O6. The summed E-state index contributed by atoms with van der Waals surface area (Å²) in [6, 6.07) is 20.0. The Kier molecular flexibility index (Phi) is 9.45. The highest BCUT2D eigenvalue weighted by molar-refractivity contribution is 5.94. The topological polar surface area (TPSA) is 103 Å². The van der Waals surface area contributed by atoms with Crippen LogP contribution in [0.5, 0.6) is 17.2 Å². The first-order chi connectivity index (χ1) is 17.3. The summed E-state index contributed by atoms with van der Waals surface area (Å²) in [7, 11) is 1.50. The molecule has 3 rings (SSSR count). The average Bonchev–Trinajstić information content (AvgIpc) is 2.84. The van der Waals surface area contributed by atoms with Crippen molar-refractivity contribution in [1.82, 2.24) is 0 Å². The third-order valence-electron chi connectivity index (χ3n) is 5.10. The van der Waals surface area contributed by atoms with E-state index in [2.05, 4.69) is 16.7 Å². The zero-order valence-corrected chi connectivity index (χ0v) is 20.6. The van der Waals surface area contributed by atoms with Crippen molar-refractivity contribution in [3.63, 3.8) is 0 Å². The highest BCUT2D eigenvalue weighted by Crippen LogP contribution is 2.25. The second kappa shape index (κ2) is 12.9. The molecule has 8 nitrogen and oxygen atoms in total. The van der Waals surface area contributed by atoms with Crippen LogP contribution in [0, 0.1) is 13.8 Å². The number of esters is 1. The Labute approximate surface area is 210 Å². The van der Waals surface area contributed by atoms with Gasteiger partial charge in [0.05, 0.1) is 12.8 Å². The molecule has 3 aromatic carbocycles. The minimum Gasteiger partial charge on any atom is -0.495 e. The third-order valence-corrected chi connectivity index (χ3v) is 5.10. The summed E-state index contributed by atoms with van der Waals surface area (Å²) < 4.78 is 16.0. The SMILES string of the molecule is COc1ccccc1NC(=O)COC(=O)CCCC(=O)Nc1ccc(Oc2cc(C)cc(C)c2)cc1. The van der Waals surface area contributed by atoms with Gasteiger partial charge in [-0.2, -0.15) is 0 Å². The molecule has 0 spiro atoms. The number of carbonyl (C=O) groups is 3. The molecule has 0 aliphatic heterocycles. The molecule has 0 fully saturated rings. The second-order valence-corrected chi connectivity index (χ2v) is 8.26. The molecule has 3 aromatic rings. The summed E-state index contributed by atoms with van der Waals surface area (Å²) >= 11 is 0. The number of hydrogen-bond acceptors (Lipinski definition) is 6. The van der Waals surface area contributed by atoms with Gasteiger partial charge in [0.15, 0.2) is 6.61 Å². The van der Waals surface area contributed by atoms with Crippen LogP contribution in [0.2, 0.25) is 0 Å². The van der Waals surface area contributed by atoms with E-state index in [0.717, 1.165) is 16.9 Å². The van der Waals surface area contributed by atoms with Crippen LogP contribution in [0.25, 0.3) is 0 Å². The quantitative estimate of drug-likeness (QED) is 0.349. The lowest BCUT2D eigenvalue weighted by molar-refractivity contribution is -0.147. The summed E-state index contributed by atoms with van der Waals surface area (Å²) in [6.07, 6.45) is 0.466. The van der Waals surface area contributed by atoms with Crippen LogP contribution in [0.15, 0.2) is 66.7 Å². The van der Waals surface area contributed by atoms with E-state index in [1.807, 2.05) is 26.0 Å². The van der Waals surface area contributed by atoms with Crippen LogP contribution < -0.4 is 20.1 Å². The van der Waals surface area contributed by atoms with Crippen LogP contribution >= 0.6 is 0 Å². The predicted octanol–water partition coefficient (Wildman–Crippen LogP) is 5.40. The molecule has 2 N–H and O–H groups in total. The molecule has 0 saturated carbocycles. The number of rotatable bonds is 11. The molecule has 0 unspecified atom stereocenters. The first-order valence-corrected chi connectivity index (χ1v) is 11.6. The van der Waals surface area contributed by atoms with Gasteiger partial charge in [-0.05, 0) is 79.9 Å². The third kappa shape index (κ3) is 8.47. The maximum Gasteiger partial charge on any atom is 0.306 e. The Morgan fingerprint density at radius 3 is 2.17 bits per heavy atom. The molecule has 0 radical (unpaired) electrons. The number of para-hydroxylation sites is 2. The molecule has 0 aromatic heterocycles. The van der Waals surface area contributed by atoms with E-state index in [9.17, 15) is 14.4 Å². The van der Waals surface area contributed by atoms with E-state index in [1.54, 1.807) is 48.5 Å². The molecule has 0 heterocycles. The van der Waals surface area contributed by atoms with Crippen molar-refractivity contribution in [2.24, 2.45) is 0 Å². The number of benzene rings is 3. The monoisotopic (exact) mass is 490 g/mol. The van der Waals surface area contributed by atoms with Gasteiger partial charge in [0.1, 0.15) is 17.2 Å². The minimum absolute atomic E-state index is 0.0258. The normalized spacial score (nSPS) is 10.3. The van der Waals surface area contributed by atoms with Crippen molar-refractivity contribution in [3.05, 3.63) is 77.9 Å². The highest BCUT2D eigenvalue weighted by Gasteiger charge is 2.11. The summed E-state index contributed by atoms with van der Waals surface area (Å²) in [5.74, 6) is 0.678. The number of ether oxygens (including phenoxy) is 3. The average molecular weight is 491 g/mol. The molecular weight excluding hydrogens is 460 g/mol. The van der Waals surface area contributed by atoms with Gasteiger partial charge in [0.25, 0.3) is 5.91 Å². The van der Waals surface area contributed by atoms with Crippen molar-refractivity contribution in [1.29, 1.82) is 0 Å². The maximum atomic E-state index is 12.2. The predicted molar refractivity (Wildman–Crippen MR) is 137 cm³/mol. The molecule has 0 aliphatic carbocycles. The summed E-state index contributed by atoms with van der Waals surface area (Å²) in [4.78, 5) is 36.1. The summed E-state index contributed by atoms with van der Waals surface area (Å²) in [5, 5.41) is 5.42. The first-order valence-electron chi connectivity index (χ1n) is 11.6. The van der Waals surface area contributed by atoms with E-state index in [-0.39, 0.29) is 18.7 Å². The molecule has 0 saturated heterocycles. The standard InChI is InChI=1S/C28H30N2O6/c1-19-15-20(2)17-23(16-19)36-22-13-11-21(12-14-22)29-26(31)9-6-10-28(33)35-18-27(32)30-24-7-4-5-8-25(24)34-3/h4-5,7-8,11-17H,6,9-10,18H2,1-3H3,(H,29,31)(H,30,32). The molecule has 8 heteroatoms. The lowest BCUT2D eigenvalue weighted by Gasteiger charge is -2.10. The molecule has 2 amide bonds. The summed E-state index contributed by atoms with van der Waals surface area (Å²) in [5.41, 5.74) is 3.36. The fourth-order valence-electron chi connectivity index (χ4n) is 3.50. The number of carbonyl (C=O) groups excluding carboxylic acids is 3. The Bertz CT molecular complexity index is 1190. The van der Waals surface area contributed by atoms with Crippen molar-refractivity contribution in [2.75, 3.05) is 24.4 Å². The van der Waals surface area contributed by atoms with E-state index in [4.69, 9.17) is 14.2 Å². The Morgan fingerprint density at radius 1 is 0.778 bits per heavy atom. The van der Waals surface area contributed by atoms with E-state index >= 15 is 0 Å². The summed E-state index contributed by atoms with van der Waals surface area (Å²) in [6.45, 7) is 3.61. The van der Waals surface area contributed by atoms with Gasteiger partial charge in [0, 0.05) is 18.5 Å². The first kappa shape index (κ1) is 26.3. The van der Waals surface area contributed by atoms with Gasteiger partial charge in [-0.1, -0.05) is 18.2 Å². The Morgan fingerprint density at radius 2 is 1.47 bits per heavy atom. The number of methoxy groups -OCH3 is 1. The van der Waals surface area contributed by atoms with E-state index in [1.165, 1.54) is 7.11 Å². The van der Waals surface area contributed by atoms with Gasteiger partial charge in [-0.25, -0.2) is 0 Å². The fraction of sp³-hybridized carbons (Fsp3) is 0.250. The van der Waals surface area contributed by atoms with E-state index < -0.39 is 18.5 Å². The van der Waals surface area contributed by atoms with Crippen molar-refractivity contribution in [2.45, 2.75) is 33.1 Å². The number of aryl methyl sites for hydroxylation is 2. The largest absolute Gasteiger partial charge is 0.495 e. The second-order valence-electron chi connectivity index (χ2n) is 8.26. The van der Waals surface area contributed by atoms with Gasteiger partial charge >= 0.3 is 5.97 Å². The lowest BCUT2D eigenvalue weighted by atomic mass is 10.1. The number of amides is 2. The van der Waals surface area contributed by atoms with Gasteiger partial charge < -0.3 is 24.8 Å². The zero-order valence-electron chi connectivity index (χ0n) is 20.6. The van der Waals surface area contributed by atoms with Gasteiger partial charge in [-0.3, -0.25) is 14.4 Å². The van der Waals surface area contributed by atoms with Crippen molar-refractivity contribution < 1.29 is 28.6 Å². The van der Waals surface area contributed by atoms with Gasteiger partial charge in [-0.15, -0.1) is 0 Å².